The van der Waals surface area contributed by atoms with Crippen LogP contribution in [0.4, 0.5) is 4.39 Å². The summed E-state index contributed by atoms with van der Waals surface area (Å²) in [5.74, 6) is 0.977. The van der Waals surface area contributed by atoms with Gasteiger partial charge in [0.05, 0.1) is 0 Å². The molecule has 0 unspecified atom stereocenters. The molecule has 1 atom stereocenters. The van der Waals surface area contributed by atoms with E-state index in [0.29, 0.717) is 11.8 Å². The van der Waals surface area contributed by atoms with E-state index in [9.17, 15) is 9.18 Å². The molecule has 2 aromatic rings. The molecule has 1 saturated heterocycles. The third kappa shape index (κ3) is 15.7. The molecule has 0 spiro atoms. The minimum Gasteiger partial charge on any atom is -0.356 e. The predicted octanol–water partition coefficient (Wildman–Crippen LogP) is 10.9. The number of likely N-dealkylation sites (tertiary alicyclic amines) is 1. The van der Waals surface area contributed by atoms with E-state index >= 15 is 0 Å². The molecule has 2 aromatic carbocycles. The molecule has 44 heavy (non-hydrogen) atoms. The largest absolute Gasteiger partial charge is 0.356 e. The van der Waals surface area contributed by atoms with Crippen molar-refractivity contribution in [3.05, 3.63) is 70.5 Å². The first-order chi connectivity index (χ1) is 21.4. The molecule has 3 nitrogen and oxygen atoms in total. The Kier molecular flexibility index (Phi) is 22.7. The Morgan fingerprint density at radius 3 is 2.07 bits per heavy atom. The van der Waals surface area contributed by atoms with Crippen LogP contribution in [0, 0.1) is 11.7 Å². The van der Waals surface area contributed by atoms with Crippen molar-refractivity contribution in [1.82, 2.24) is 10.2 Å². The van der Waals surface area contributed by atoms with E-state index in [2.05, 4.69) is 69.2 Å². The smallest absolute Gasteiger partial charge is 0.223 e. The van der Waals surface area contributed by atoms with E-state index in [1.54, 1.807) is 12.1 Å². The second-order valence-corrected chi connectivity index (χ2v) is 12.5. The Morgan fingerprint density at radius 1 is 0.818 bits per heavy atom. The van der Waals surface area contributed by atoms with Crippen molar-refractivity contribution in [3.8, 4) is 0 Å². The van der Waals surface area contributed by atoms with Gasteiger partial charge >= 0.3 is 0 Å². The van der Waals surface area contributed by atoms with E-state index < -0.39 is 0 Å². The first kappa shape index (κ1) is 39.8. The number of halogens is 1. The molecule has 0 radical (unpaired) electrons. The van der Waals surface area contributed by atoms with Crippen molar-refractivity contribution in [1.29, 1.82) is 0 Å². The van der Waals surface area contributed by atoms with E-state index in [4.69, 9.17) is 0 Å². The van der Waals surface area contributed by atoms with Crippen LogP contribution in [0.1, 0.15) is 153 Å². The molecular formula is C40H67FN2O. The fourth-order valence-corrected chi connectivity index (χ4v) is 6.12. The van der Waals surface area contributed by atoms with Crippen LogP contribution in [0.5, 0.6) is 0 Å². The molecule has 4 heteroatoms. The Morgan fingerprint density at radius 2 is 1.43 bits per heavy atom. The molecule has 1 aliphatic carbocycles. The highest BCUT2D eigenvalue weighted by Crippen LogP contribution is 2.34. The molecule has 4 rings (SSSR count). The third-order valence-electron chi connectivity index (χ3n) is 8.57. The van der Waals surface area contributed by atoms with Crippen LogP contribution >= 0.6 is 0 Å². The summed E-state index contributed by atoms with van der Waals surface area (Å²) in [6, 6.07) is 14.0. The number of nitrogens with one attached hydrogen (secondary N) is 1. The van der Waals surface area contributed by atoms with Crippen LogP contribution in [0.3, 0.4) is 0 Å². The second kappa shape index (κ2) is 25.0. The van der Waals surface area contributed by atoms with Gasteiger partial charge in [-0.3, -0.25) is 4.79 Å². The highest BCUT2D eigenvalue weighted by atomic mass is 19.1. The van der Waals surface area contributed by atoms with Crippen LogP contribution in [0.25, 0.3) is 0 Å². The summed E-state index contributed by atoms with van der Waals surface area (Å²) in [5.41, 5.74) is 5.34. The lowest BCUT2D eigenvalue weighted by molar-refractivity contribution is -0.126. The Hall–Kier alpha value is -2.20. The average molecular weight is 611 g/mol. The van der Waals surface area contributed by atoms with E-state index in [0.717, 1.165) is 51.7 Å². The van der Waals surface area contributed by atoms with Gasteiger partial charge in [0.25, 0.3) is 0 Å². The zero-order valence-electron chi connectivity index (χ0n) is 29.7. The van der Waals surface area contributed by atoms with Crippen molar-refractivity contribution >= 4 is 5.91 Å². The lowest BCUT2D eigenvalue weighted by atomic mass is 9.88. The highest BCUT2D eigenvalue weighted by Gasteiger charge is 2.23. The van der Waals surface area contributed by atoms with Crippen molar-refractivity contribution in [2.75, 3.05) is 26.7 Å². The number of hydrogen-bond acceptors (Lipinski definition) is 2. The fraction of sp³-hybridized carbons (Fsp3) is 0.675. The topological polar surface area (TPSA) is 32.3 Å². The van der Waals surface area contributed by atoms with Gasteiger partial charge < -0.3 is 10.2 Å². The minimum atomic E-state index is -0.111. The maximum absolute atomic E-state index is 13.5. The van der Waals surface area contributed by atoms with Gasteiger partial charge in [-0.1, -0.05) is 130 Å². The molecule has 1 amide bonds. The lowest BCUT2D eigenvalue weighted by Crippen LogP contribution is -2.39. The quantitative estimate of drug-likeness (QED) is 0.242. The number of piperidine rings is 1. The number of hydrogen-bond donors (Lipinski definition) is 1. The number of benzene rings is 2. The van der Waals surface area contributed by atoms with Gasteiger partial charge in [-0.2, -0.15) is 0 Å². The van der Waals surface area contributed by atoms with Crippen LogP contribution in [-0.4, -0.2) is 37.5 Å². The summed E-state index contributed by atoms with van der Waals surface area (Å²) in [6.07, 6.45) is 18.1. The number of unbranched alkanes of at least 4 members (excludes halogenated alkanes) is 7. The summed E-state index contributed by atoms with van der Waals surface area (Å²) in [5, 5.41) is 3.12. The maximum atomic E-state index is 13.5. The molecule has 0 bridgehead atoms. The molecule has 2 aliphatic rings. The van der Waals surface area contributed by atoms with Crippen molar-refractivity contribution in [2.24, 2.45) is 5.92 Å². The number of rotatable bonds is 12. The lowest BCUT2D eigenvalue weighted by Gasteiger charge is -2.28. The summed E-state index contributed by atoms with van der Waals surface area (Å²) < 4.78 is 13.5. The second-order valence-electron chi connectivity index (χ2n) is 12.5. The predicted molar refractivity (Wildman–Crippen MR) is 190 cm³/mol. The van der Waals surface area contributed by atoms with Gasteiger partial charge in [0.2, 0.25) is 5.91 Å². The number of amides is 1. The van der Waals surface area contributed by atoms with Crippen LogP contribution in [0.15, 0.2) is 42.5 Å². The van der Waals surface area contributed by atoms with Gasteiger partial charge in [-0.25, -0.2) is 4.39 Å². The van der Waals surface area contributed by atoms with E-state index in [1.165, 1.54) is 86.5 Å². The van der Waals surface area contributed by atoms with Crippen LogP contribution < -0.4 is 5.32 Å². The number of carbonyl (C=O) groups excluding carboxylic acids is 1. The van der Waals surface area contributed by atoms with Crippen LogP contribution in [-0.2, 0) is 17.6 Å². The monoisotopic (exact) mass is 611 g/mol. The summed E-state index contributed by atoms with van der Waals surface area (Å²) in [7, 11) is 2.13. The van der Waals surface area contributed by atoms with Gasteiger partial charge in [0, 0.05) is 12.5 Å². The van der Waals surface area contributed by atoms with Gasteiger partial charge in [-0.15, -0.1) is 0 Å². The molecule has 1 fully saturated rings. The number of fused-ring (bicyclic) bond motifs is 2. The minimum absolute atomic E-state index is 0.111. The number of carbonyl (C=O) groups is 1. The van der Waals surface area contributed by atoms with E-state index in [-0.39, 0.29) is 11.7 Å². The standard InChI is InChI=1S/C18H19F.C17H34N2O.C3H8.C2H6/c1-2-5-14-11-16-12-17(19)9-8-13(16)10-15-6-3-4-7-18(14)15;1-3-4-5-6-7-8-9-10-13-18-17(20)16-11-14-19(2)15-12-16;1-3-2;1-2/h3-4,6-9,12,14H,2,5,10-11H2,1H3;16H,3-15H2,1-2H3,(H,18,20);3H2,1-2H3;1-2H3/t14-;;;/m0.../s1. The summed E-state index contributed by atoms with van der Waals surface area (Å²) >= 11 is 0. The zero-order valence-corrected chi connectivity index (χ0v) is 29.7. The molecule has 0 saturated carbocycles. The average Bonchev–Trinajstić information content (AvgIpc) is 3.18. The summed E-state index contributed by atoms with van der Waals surface area (Å²) in [4.78, 5) is 14.3. The zero-order chi connectivity index (χ0) is 32.6. The Balaban J connectivity index is 0.000000384. The maximum Gasteiger partial charge on any atom is 0.223 e. The fourth-order valence-electron chi connectivity index (χ4n) is 6.12. The van der Waals surface area contributed by atoms with Gasteiger partial charge in [0.1, 0.15) is 5.82 Å². The molecule has 1 aliphatic heterocycles. The Labute approximate surface area is 271 Å². The SMILES string of the molecule is CC.CCC.CCCCCCCCCCNC(=O)C1CCN(C)CC1.CCC[C@H]1Cc2cc(F)ccc2Cc2ccccc21. The molecule has 0 aromatic heterocycles. The normalized spacial score (nSPS) is 16.0. The van der Waals surface area contributed by atoms with Gasteiger partial charge in [-0.05, 0) is 99.0 Å². The molecular weight excluding hydrogens is 543 g/mol. The van der Waals surface area contributed by atoms with Crippen molar-refractivity contribution in [3.63, 3.8) is 0 Å². The summed E-state index contributed by atoms with van der Waals surface area (Å²) in [6.45, 7) is 15.7. The van der Waals surface area contributed by atoms with Crippen LogP contribution in [0.2, 0.25) is 0 Å². The molecule has 1 N–H and O–H groups in total. The Bertz CT molecular complexity index is 999. The first-order valence-electron chi connectivity index (χ1n) is 18.2. The van der Waals surface area contributed by atoms with Crippen molar-refractivity contribution in [2.45, 2.75) is 144 Å². The van der Waals surface area contributed by atoms with Crippen molar-refractivity contribution < 1.29 is 9.18 Å². The third-order valence-corrected chi connectivity index (χ3v) is 8.57. The van der Waals surface area contributed by atoms with E-state index in [1.807, 2.05) is 19.9 Å². The van der Waals surface area contributed by atoms with Gasteiger partial charge in [0.15, 0.2) is 0 Å². The highest BCUT2D eigenvalue weighted by molar-refractivity contribution is 5.78. The molecule has 250 valence electrons. The number of nitrogens with zero attached hydrogens (tertiary/aromatic N) is 1. The first-order valence-corrected chi connectivity index (χ1v) is 18.2. The molecule has 1 heterocycles.